The number of carbonyl (C=O) groups is 1. The SMILES string of the molecule is CC(=O)Oc1ccc(C#Cc2ccc(N3CC[C@@H](Oc4ccccc4F)C3)nn2)cc1. The molecule has 0 N–H and O–H groups in total. The van der Waals surface area contributed by atoms with Crippen LogP contribution < -0.4 is 14.4 Å². The first-order valence-corrected chi connectivity index (χ1v) is 9.87. The van der Waals surface area contributed by atoms with Crippen molar-refractivity contribution in [1.29, 1.82) is 0 Å². The molecule has 0 unspecified atom stereocenters. The molecule has 0 spiro atoms. The number of anilines is 1. The lowest BCUT2D eigenvalue weighted by Gasteiger charge is -2.17. The van der Waals surface area contributed by atoms with E-state index in [1.807, 2.05) is 12.1 Å². The van der Waals surface area contributed by atoms with E-state index in [1.165, 1.54) is 13.0 Å². The lowest BCUT2D eigenvalue weighted by molar-refractivity contribution is -0.131. The van der Waals surface area contributed by atoms with Crippen LogP contribution in [0, 0.1) is 17.7 Å². The van der Waals surface area contributed by atoms with Gasteiger partial charge in [-0.3, -0.25) is 4.79 Å². The predicted molar refractivity (Wildman–Crippen MR) is 113 cm³/mol. The molecule has 0 bridgehead atoms. The fraction of sp³-hybridized carbons (Fsp3) is 0.208. The van der Waals surface area contributed by atoms with E-state index in [0.717, 1.165) is 24.3 Å². The highest BCUT2D eigenvalue weighted by Gasteiger charge is 2.26. The van der Waals surface area contributed by atoms with Crippen molar-refractivity contribution < 1.29 is 18.7 Å². The largest absolute Gasteiger partial charge is 0.485 e. The number of nitrogens with zero attached hydrogens (tertiary/aromatic N) is 3. The van der Waals surface area contributed by atoms with Gasteiger partial charge in [-0.05, 0) is 54.5 Å². The van der Waals surface area contributed by atoms with E-state index in [0.29, 0.717) is 18.0 Å². The van der Waals surface area contributed by atoms with E-state index in [2.05, 4.69) is 26.9 Å². The van der Waals surface area contributed by atoms with Crippen LogP contribution in [0.4, 0.5) is 10.2 Å². The fourth-order valence-electron chi connectivity index (χ4n) is 3.22. The molecular weight excluding hydrogens is 397 g/mol. The fourth-order valence-corrected chi connectivity index (χ4v) is 3.22. The third kappa shape index (κ3) is 5.37. The highest BCUT2D eigenvalue weighted by Crippen LogP contribution is 2.23. The Labute approximate surface area is 179 Å². The van der Waals surface area contributed by atoms with Crippen LogP contribution >= 0.6 is 0 Å². The van der Waals surface area contributed by atoms with Crippen LogP contribution in [0.3, 0.4) is 0 Å². The molecule has 1 saturated heterocycles. The molecule has 7 heteroatoms. The van der Waals surface area contributed by atoms with Crippen molar-refractivity contribution in [1.82, 2.24) is 10.2 Å². The summed E-state index contributed by atoms with van der Waals surface area (Å²) >= 11 is 0. The average molecular weight is 417 g/mol. The standard InChI is InChI=1S/C24H20FN3O3/c1-17(29)30-20-11-7-18(8-12-20)6-9-19-10-13-24(27-26-19)28-15-14-21(16-28)31-23-5-3-2-4-22(23)25/h2-5,7-8,10-13,21H,14-16H2,1H3/t21-/m1/s1. The van der Waals surface area contributed by atoms with Gasteiger partial charge in [0.15, 0.2) is 17.4 Å². The number of hydrogen-bond acceptors (Lipinski definition) is 6. The molecule has 6 nitrogen and oxygen atoms in total. The monoisotopic (exact) mass is 417 g/mol. The van der Waals surface area contributed by atoms with Crippen LogP contribution in [0.2, 0.25) is 0 Å². The normalized spacial score (nSPS) is 15.2. The molecule has 1 aliphatic rings. The Balaban J connectivity index is 1.35. The van der Waals surface area contributed by atoms with E-state index in [1.54, 1.807) is 42.5 Å². The first-order valence-electron chi connectivity index (χ1n) is 9.87. The summed E-state index contributed by atoms with van der Waals surface area (Å²) in [6.07, 6.45) is 0.675. The maximum absolute atomic E-state index is 13.8. The van der Waals surface area contributed by atoms with Gasteiger partial charge in [0, 0.05) is 25.5 Å². The molecule has 0 amide bonds. The average Bonchev–Trinajstić information content (AvgIpc) is 3.23. The van der Waals surface area contributed by atoms with Crippen molar-refractivity contribution >= 4 is 11.8 Å². The number of aromatic nitrogens is 2. The number of halogens is 1. The summed E-state index contributed by atoms with van der Waals surface area (Å²) in [6, 6.07) is 17.0. The molecule has 1 atom stereocenters. The van der Waals surface area contributed by atoms with Crippen LogP contribution in [0.1, 0.15) is 24.6 Å². The van der Waals surface area contributed by atoms with Gasteiger partial charge in [0.2, 0.25) is 0 Å². The Kier molecular flexibility index (Phi) is 6.08. The second-order valence-electron chi connectivity index (χ2n) is 7.05. The van der Waals surface area contributed by atoms with Gasteiger partial charge in [-0.2, -0.15) is 0 Å². The van der Waals surface area contributed by atoms with Gasteiger partial charge in [-0.1, -0.05) is 18.1 Å². The van der Waals surface area contributed by atoms with E-state index in [-0.39, 0.29) is 23.6 Å². The van der Waals surface area contributed by atoms with Crippen molar-refractivity contribution in [2.45, 2.75) is 19.4 Å². The van der Waals surface area contributed by atoms with Crippen molar-refractivity contribution in [2.24, 2.45) is 0 Å². The Bertz CT molecular complexity index is 1120. The molecule has 31 heavy (non-hydrogen) atoms. The molecule has 1 aromatic heterocycles. The van der Waals surface area contributed by atoms with Gasteiger partial charge in [-0.15, -0.1) is 10.2 Å². The molecule has 2 aromatic carbocycles. The summed E-state index contributed by atoms with van der Waals surface area (Å²) in [6.45, 7) is 2.73. The van der Waals surface area contributed by atoms with Crippen molar-refractivity contribution in [3.8, 4) is 23.3 Å². The molecule has 0 saturated carbocycles. The molecule has 156 valence electrons. The molecule has 0 aliphatic carbocycles. The summed E-state index contributed by atoms with van der Waals surface area (Å²) in [4.78, 5) is 13.0. The molecule has 4 rings (SSSR count). The summed E-state index contributed by atoms with van der Waals surface area (Å²) in [5.74, 6) is 6.74. The second kappa shape index (κ2) is 9.26. The smallest absolute Gasteiger partial charge is 0.308 e. The van der Waals surface area contributed by atoms with Gasteiger partial charge in [-0.25, -0.2) is 4.39 Å². The number of hydrogen-bond donors (Lipinski definition) is 0. The van der Waals surface area contributed by atoms with E-state index in [4.69, 9.17) is 9.47 Å². The van der Waals surface area contributed by atoms with Crippen molar-refractivity contribution in [2.75, 3.05) is 18.0 Å². The number of para-hydroxylation sites is 1. The van der Waals surface area contributed by atoms with Gasteiger partial charge in [0.05, 0.1) is 6.54 Å². The zero-order valence-corrected chi connectivity index (χ0v) is 16.9. The van der Waals surface area contributed by atoms with Gasteiger partial charge in [0.25, 0.3) is 0 Å². The van der Waals surface area contributed by atoms with Crippen LogP contribution in [-0.4, -0.2) is 35.4 Å². The summed E-state index contributed by atoms with van der Waals surface area (Å²) in [5.41, 5.74) is 1.32. The minimum absolute atomic E-state index is 0.104. The first kappa shape index (κ1) is 20.4. The highest BCUT2D eigenvalue weighted by molar-refractivity contribution is 5.69. The lowest BCUT2D eigenvalue weighted by atomic mass is 10.2. The molecule has 1 aliphatic heterocycles. The molecule has 0 radical (unpaired) electrons. The Hall–Kier alpha value is -3.92. The summed E-state index contributed by atoms with van der Waals surface area (Å²) in [5, 5.41) is 8.45. The third-order valence-corrected chi connectivity index (χ3v) is 4.70. The van der Waals surface area contributed by atoms with Gasteiger partial charge in [0.1, 0.15) is 17.5 Å². The van der Waals surface area contributed by atoms with Crippen LogP contribution in [0.15, 0.2) is 60.7 Å². The first-order chi connectivity index (χ1) is 15.1. The molecular formula is C24H20FN3O3. The second-order valence-corrected chi connectivity index (χ2v) is 7.05. The van der Waals surface area contributed by atoms with Gasteiger partial charge < -0.3 is 14.4 Å². The number of carbonyl (C=O) groups excluding carboxylic acids is 1. The number of benzene rings is 2. The highest BCUT2D eigenvalue weighted by atomic mass is 19.1. The predicted octanol–water partition coefficient (Wildman–Crippen LogP) is 3.60. The van der Waals surface area contributed by atoms with Crippen LogP contribution in [-0.2, 0) is 4.79 Å². The van der Waals surface area contributed by atoms with E-state index < -0.39 is 0 Å². The summed E-state index contributed by atoms with van der Waals surface area (Å²) in [7, 11) is 0. The molecule has 3 aromatic rings. The third-order valence-electron chi connectivity index (χ3n) is 4.70. The van der Waals surface area contributed by atoms with Gasteiger partial charge >= 0.3 is 5.97 Å². The molecule has 2 heterocycles. The maximum Gasteiger partial charge on any atom is 0.308 e. The minimum Gasteiger partial charge on any atom is -0.485 e. The minimum atomic E-state index is -0.364. The molecule has 1 fully saturated rings. The van der Waals surface area contributed by atoms with Crippen molar-refractivity contribution in [3.05, 3.63) is 77.7 Å². The number of rotatable bonds is 4. The van der Waals surface area contributed by atoms with E-state index in [9.17, 15) is 9.18 Å². The Morgan fingerprint density at radius 2 is 1.87 bits per heavy atom. The Morgan fingerprint density at radius 3 is 2.58 bits per heavy atom. The van der Waals surface area contributed by atoms with Crippen molar-refractivity contribution in [3.63, 3.8) is 0 Å². The quantitative estimate of drug-likeness (QED) is 0.367. The zero-order valence-electron chi connectivity index (χ0n) is 16.9. The van der Waals surface area contributed by atoms with E-state index >= 15 is 0 Å². The Morgan fingerprint density at radius 1 is 1.06 bits per heavy atom. The van der Waals surface area contributed by atoms with Crippen LogP contribution in [0.25, 0.3) is 0 Å². The van der Waals surface area contributed by atoms with Crippen LogP contribution in [0.5, 0.6) is 11.5 Å². The zero-order chi connectivity index (χ0) is 21.6. The topological polar surface area (TPSA) is 64.5 Å². The maximum atomic E-state index is 13.8. The number of ether oxygens (including phenoxy) is 2. The lowest BCUT2D eigenvalue weighted by Crippen LogP contribution is -2.25. The summed E-state index contributed by atoms with van der Waals surface area (Å²) < 4.78 is 24.6. The number of esters is 1.